The third-order valence-corrected chi connectivity index (χ3v) is 2.96. The van der Waals surface area contributed by atoms with Gasteiger partial charge in [-0.15, -0.1) is 0 Å². The lowest BCUT2D eigenvalue weighted by Gasteiger charge is -2.26. The molecular formula is C13H20N2O4. The van der Waals surface area contributed by atoms with Crippen LogP contribution in [0.2, 0.25) is 0 Å². The first-order valence-electron chi connectivity index (χ1n) is 6.49. The molecule has 0 radical (unpaired) electrons. The molecule has 1 heterocycles. The first kappa shape index (κ1) is 15.4. The number of amides is 1. The van der Waals surface area contributed by atoms with E-state index >= 15 is 0 Å². The maximum Gasteiger partial charge on any atom is 0.332 e. The number of carboxylic acid groups (broad SMARTS) is 1. The van der Waals surface area contributed by atoms with Crippen LogP contribution in [0.3, 0.4) is 0 Å². The second kappa shape index (κ2) is 7.10. The zero-order valence-corrected chi connectivity index (χ0v) is 11.3. The summed E-state index contributed by atoms with van der Waals surface area (Å²) >= 11 is 0. The Hall–Kier alpha value is -1.61. The van der Waals surface area contributed by atoms with E-state index in [0.29, 0.717) is 31.8 Å². The summed E-state index contributed by atoms with van der Waals surface area (Å²) in [5.74, 6) is -0.935. The van der Waals surface area contributed by atoms with E-state index < -0.39 is 18.2 Å². The Morgan fingerprint density at radius 3 is 2.53 bits per heavy atom. The molecule has 0 spiro atoms. The summed E-state index contributed by atoms with van der Waals surface area (Å²) in [5, 5.41) is 17.5. The average molecular weight is 268 g/mol. The van der Waals surface area contributed by atoms with Crippen LogP contribution in [0.5, 0.6) is 0 Å². The molecule has 6 nitrogen and oxygen atoms in total. The molecule has 2 atom stereocenters. The van der Waals surface area contributed by atoms with E-state index in [1.807, 2.05) is 19.9 Å². The van der Waals surface area contributed by atoms with Crippen molar-refractivity contribution in [1.82, 2.24) is 4.90 Å². The van der Waals surface area contributed by atoms with E-state index in [4.69, 9.17) is 15.1 Å². The zero-order valence-electron chi connectivity index (χ0n) is 11.3. The lowest BCUT2D eigenvalue weighted by molar-refractivity contribution is -0.155. The van der Waals surface area contributed by atoms with E-state index in [2.05, 4.69) is 0 Å². The predicted octanol–water partition coefficient (Wildman–Crippen LogP) is 1.02. The van der Waals surface area contributed by atoms with Crippen molar-refractivity contribution in [1.29, 1.82) is 5.26 Å². The van der Waals surface area contributed by atoms with E-state index in [1.165, 1.54) is 0 Å². The molecule has 0 aromatic rings. The highest BCUT2D eigenvalue weighted by molar-refractivity contribution is 5.82. The van der Waals surface area contributed by atoms with Gasteiger partial charge in [0.05, 0.1) is 12.5 Å². The van der Waals surface area contributed by atoms with Gasteiger partial charge in [0.2, 0.25) is 0 Å². The van der Waals surface area contributed by atoms with E-state index in [-0.39, 0.29) is 12.3 Å². The number of nitriles is 1. The Balaban J connectivity index is 2.61. The molecule has 106 valence electrons. The van der Waals surface area contributed by atoms with Crippen LogP contribution in [-0.2, 0) is 14.3 Å². The fraction of sp³-hybridized carbons (Fsp3) is 0.769. The molecule has 0 unspecified atom stereocenters. The van der Waals surface area contributed by atoms with Gasteiger partial charge in [0, 0.05) is 13.1 Å². The lowest BCUT2D eigenvalue weighted by atomic mass is 10.1. The van der Waals surface area contributed by atoms with Crippen molar-refractivity contribution in [2.24, 2.45) is 5.92 Å². The summed E-state index contributed by atoms with van der Waals surface area (Å²) < 4.78 is 5.25. The summed E-state index contributed by atoms with van der Waals surface area (Å²) in [6.07, 6.45) is -0.506. The van der Waals surface area contributed by atoms with E-state index in [0.717, 1.165) is 0 Å². The number of nitrogens with zero attached hydrogens (tertiary/aromatic N) is 2. The molecule has 0 aromatic heterocycles. The van der Waals surface area contributed by atoms with Gasteiger partial charge in [-0.3, -0.25) is 4.79 Å². The van der Waals surface area contributed by atoms with Crippen molar-refractivity contribution in [2.45, 2.75) is 45.3 Å². The Bertz CT molecular complexity index is 375. The minimum absolute atomic E-state index is 0.201. The van der Waals surface area contributed by atoms with Crippen LogP contribution in [0, 0.1) is 17.2 Å². The minimum atomic E-state index is -1.03. The van der Waals surface area contributed by atoms with Gasteiger partial charge in [0.15, 0.2) is 6.10 Å². The minimum Gasteiger partial charge on any atom is -0.479 e. The molecular weight excluding hydrogens is 248 g/mol. The molecule has 19 heavy (non-hydrogen) atoms. The van der Waals surface area contributed by atoms with Gasteiger partial charge in [0.1, 0.15) is 6.10 Å². The monoisotopic (exact) mass is 268 g/mol. The third kappa shape index (κ3) is 4.52. The Kier molecular flexibility index (Phi) is 5.77. The maximum absolute atomic E-state index is 12.3. The fourth-order valence-electron chi connectivity index (χ4n) is 2.12. The van der Waals surface area contributed by atoms with Crippen LogP contribution in [-0.4, -0.2) is 47.2 Å². The molecule has 1 amide bonds. The van der Waals surface area contributed by atoms with Gasteiger partial charge >= 0.3 is 5.97 Å². The summed E-state index contributed by atoms with van der Waals surface area (Å²) in [6, 6.07) is 2.02. The van der Waals surface area contributed by atoms with Crippen molar-refractivity contribution >= 4 is 11.9 Å². The molecule has 0 saturated carbocycles. The summed E-state index contributed by atoms with van der Waals surface area (Å²) in [4.78, 5) is 24.7. The quantitative estimate of drug-likeness (QED) is 0.776. The molecule has 1 fully saturated rings. The Labute approximate surface area is 112 Å². The van der Waals surface area contributed by atoms with Crippen molar-refractivity contribution in [2.75, 3.05) is 13.1 Å². The Morgan fingerprint density at radius 1 is 1.42 bits per heavy atom. The van der Waals surface area contributed by atoms with Gasteiger partial charge in [-0.2, -0.15) is 5.26 Å². The number of rotatable bonds is 6. The first-order chi connectivity index (χ1) is 8.95. The number of hydrogen-bond donors (Lipinski definition) is 1. The highest BCUT2D eigenvalue weighted by Crippen LogP contribution is 2.22. The normalized spacial score (nSPS) is 22.2. The van der Waals surface area contributed by atoms with Crippen LogP contribution in [0.15, 0.2) is 0 Å². The molecule has 0 bridgehead atoms. The van der Waals surface area contributed by atoms with Gasteiger partial charge in [0.25, 0.3) is 5.91 Å². The highest BCUT2D eigenvalue weighted by atomic mass is 16.5. The van der Waals surface area contributed by atoms with Crippen LogP contribution < -0.4 is 0 Å². The maximum atomic E-state index is 12.3. The number of carbonyl (C=O) groups excluding carboxylic acids is 1. The van der Waals surface area contributed by atoms with Gasteiger partial charge in [-0.25, -0.2) is 4.79 Å². The van der Waals surface area contributed by atoms with Gasteiger partial charge in [-0.1, -0.05) is 13.8 Å². The van der Waals surface area contributed by atoms with Crippen molar-refractivity contribution in [3.05, 3.63) is 0 Å². The molecule has 0 aromatic carbocycles. The van der Waals surface area contributed by atoms with E-state index in [9.17, 15) is 9.59 Å². The van der Waals surface area contributed by atoms with Crippen LogP contribution in [0.4, 0.5) is 0 Å². The van der Waals surface area contributed by atoms with Crippen molar-refractivity contribution < 1.29 is 19.4 Å². The molecule has 1 N–H and O–H groups in total. The Morgan fingerprint density at radius 2 is 2.05 bits per heavy atom. The van der Waals surface area contributed by atoms with Gasteiger partial charge in [-0.05, 0) is 18.8 Å². The second-order valence-electron chi connectivity index (χ2n) is 5.12. The van der Waals surface area contributed by atoms with Crippen LogP contribution in [0.25, 0.3) is 0 Å². The largest absolute Gasteiger partial charge is 0.479 e. The lowest BCUT2D eigenvalue weighted by Crippen LogP contribution is -2.42. The number of carbonyl (C=O) groups is 2. The smallest absolute Gasteiger partial charge is 0.332 e. The third-order valence-electron chi connectivity index (χ3n) is 2.96. The number of hydrogen-bond acceptors (Lipinski definition) is 4. The molecule has 1 aliphatic rings. The van der Waals surface area contributed by atoms with E-state index in [1.54, 1.807) is 4.90 Å². The average Bonchev–Trinajstić information content (AvgIpc) is 2.82. The van der Waals surface area contributed by atoms with Gasteiger partial charge < -0.3 is 14.7 Å². The zero-order chi connectivity index (χ0) is 14.4. The molecule has 1 aliphatic heterocycles. The second-order valence-corrected chi connectivity index (χ2v) is 5.12. The SMILES string of the molecule is CC(C)CN(CCC#N)C(=O)[C@@H]1CC[C@H](C(=O)O)O1. The molecule has 0 aliphatic carbocycles. The fourth-order valence-corrected chi connectivity index (χ4v) is 2.12. The summed E-state index contributed by atoms with van der Waals surface area (Å²) in [6.45, 7) is 4.90. The molecule has 1 saturated heterocycles. The number of carboxylic acids is 1. The van der Waals surface area contributed by atoms with Crippen molar-refractivity contribution in [3.8, 4) is 6.07 Å². The number of ether oxygens (including phenoxy) is 1. The molecule has 1 rings (SSSR count). The topological polar surface area (TPSA) is 90.6 Å². The number of aliphatic carboxylic acids is 1. The predicted molar refractivity (Wildman–Crippen MR) is 67.2 cm³/mol. The van der Waals surface area contributed by atoms with Crippen LogP contribution >= 0.6 is 0 Å². The molecule has 6 heteroatoms. The van der Waals surface area contributed by atoms with Crippen molar-refractivity contribution in [3.63, 3.8) is 0 Å². The standard InChI is InChI=1S/C13H20N2O4/c1-9(2)8-15(7-3-6-14)12(16)10-4-5-11(19-10)13(17)18/h9-11H,3-5,7-8H2,1-2H3,(H,17,18)/t10-,11+/m0/s1. The first-order valence-corrected chi connectivity index (χ1v) is 6.49. The highest BCUT2D eigenvalue weighted by Gasteiger charge is 2.36. The van der Waals surface area contributed by atoms with Crippen LogP contribution in [0.1, 0.15) is 33.1 Å². The summed E-state index contributed by atoms with van der Waals surface area (Å²) in [7, 11) is 0. The summed E-state index contributed by atoms with van der Waals surface area (Å²) in [5.41, 5.74) is 0.